The van der Waals surface area contributed by atoms with Crippen molar-refractivity contribution in [1.82, 2.24) is 14.7 Å². The first kappa shape index (κ1) is 28.9. The van der Waals surface area contributed by atoms with E-state index in [4.69, 9.17) is 14.6 Å². The fraction of sp³-hybridized carbons (Fsp3) is 0.433. The van der Waals surface area contributed by atoms with Gasteiger partial charge in [0.15, 0.2) is 0 Å². The number of hydrogen-bond donors (Lipinski definition) is 1. The predicted octanol–water partition coefficient (Wildman–Crippen LogP) is 5.20. The number of nitrogens with zero attached hydrogens (tertiary/aromatic N) is 3. The molecule has 0 spiro atoms. The number of aromatic nitrogens is 2. The van der Waals surface area contributed by atoms with Gasteiger partial charge in [-0.1, -0.05) is 53.7 Å². The summed E-state index contributed by atoms with van der Waals surface area (Å²) in [5.74, 6) is 0.705. The van der Waals surface area contributed by atoms with Gasteiger partial charge in [-0.15, -0.1) is 0 Å². The summed E-state index contributed by atoms with van der Waals surface area (Å²) in [6.07, 6.45) is 0. The zero-order chi connectivity index (χ0) is 28.1. The van der Waals surface area contributed by atoms with E-state index in [2.05, 4.69) is 46.9 Å². The third-order valence-electron chi connectivity index (χ3n) is 6.25. The van der Waals surface area contributed by atoms with E-state index >= 15 is 0 Å². The monoisotopic (exact) mass is 520 g/mol. The number of rotatable bonds is 9. The molecule has 0 saturated carbocycles. The highest BCUT2D eigenvalue weighted by atomic mass is 16.5. The molecule has 1 heterocycles. The third-order valence-corrected chi connectivity index (χ3v) is 6.25. The van der Waals surface area contributed by atoms with Gasteiger partial charge in [-0.2, -0.15) is 5.10 Å². The van der Waals surface area contributed by atoms with Crippen LogP contribution in [0.25, 0.3) is 5.69 Å². The van der Waals surface area contributed by atoms with Gasteiger partial charge in [-0.3, -0.25) is 9.59 Å². The number of anilines is 1. The number of benzene rings is 2. The maximum Gasteiger partial charge on any atom is 0.254 e. The van der Waals surface area contributed by atoms with Gasteiger partial charge in [0, 0.05) is 30.7 Å². The summed E-state index contributed by atoms with van der Waals surface area (Å²) in [4.78, 5) is 28.1. The maximum absolute atomic E-state index is 13.3. The quantitative estimate of drug-likeness (QED) is 0.419. The van der Waals surface area contributed by atoms with Crippen LogP contribution in [0.2, 0.25) is 0 Å². The van der Waals surface area contributed by atoms with E-state index in [9.17, 15) is 9.59 Å². The van der Waals surface area contributed by atoms with Gasteiger partial charge < -0.3 is 19.7 Å². The lowest BCUT2D eigenvalue weighted by Crippen LogP contribution is -2.40. The molecule has 38 heavy (non-hydrogen) atoms. The van der Waals surface area contributed by atoms with E-state index in [0.29, 0.717) is 18.0 Å². The molecule has 0 bridgehead atoms. The Morgan fingerprint density at radius 2 is 1.55 bits per heavy atom. The molecular weight excluding hydrogens is 480 g/mol. The minimum absolute atomic E-state index is 0.0179. The molecule has 204 valence electrons. The topological polar surface area (TPSA) is 85.7 Å². The van der Waals surface area contributed by atoms with Gasteiger partial charge >= 0.3 is 0 Å². The number of ether oxygens (including phenoxy) is 2. The second kappa shape index (κ2) is 11.8. The first-order valence-corrected chi connectivity index (χ1v) is 12.8. The molecule has 0 unspecified atom stereocenters. The summed E-state index contributed by atoms with van der Waals surface area (Å²) >= 11 is 0. The average Bonchev–Trinajstić information content (AvgIpc) is 3.30. The summed E-state index contributed by atoms with van der Waals surface area (Å²) in [6, 6.07) is 16.9. The van der Waals surface area contributed by atoms with Crippen LogP contribution in [-0.4, -0.2) is 60.4 Å². The van der Waals surface area contributed by atoms with Gasteiger partial charge in [0.25, 0.3) is 5.91 Å². The van der Waals surface area contributed by atoms with Crippen molar-refractivity contribution in [2.45, 2.75) is 52.4 Å². The minimum Gasteiger partial charge on any atom is -0.497 e. The van der Waals surface area contributed by atoms with Gasteiger partial charge in [-0.05, 0) is 47.4 Å². The summed E-state index contributed by atoms with van der Waals surface area (Å²) in [6.45, 7) is 13.1. The Kier molecular flexibility index (Phi) is 8.99. The molecule has 0 fully saturated rings. The van der Waals surface area contributed by atoms with Crippen LogP contribution in [0.4, 0.5) is 5.82 Å². The molecular formula is C30H40N4O4. The van der Waals surface area contributed by atoms with Crippen LogP contribution in [0, 0.1) is 0 Å². The molecule has 1 N–H and O–H groups in total. The van der Waals surface area contributed by atoms with Crippen LogP contribution in [0.5, 0.6) is 5.75 Å². The van der Waals surface area contributed by atoms with E-state index in [-0.39, 0.29) is 35.7 Å². The molecule has 0 aliphatic heterocycles. The molecule has 3 aromatic rings. The van der Waals surface area contributed by atoms with E-state index in [1.807, 2.05) is 54.6 Å². The number of methoxy groups -OCH3 is 2. The average molecular weight is 521 g/mol. The molecule has 8 heteroatoms. The fourth-order valence-electron chi connectivity index (χ4n) is 3.86. The van der Waals surface area contributed by atoms with E-state index < -0.39 is 0 Å². The Morgan fingerprint density at radius 1 is 0.921 bits per heavy atom. The Morgan fingerprint density at radius 3 is 2.08 bits per heavy atom. The fourth-order valence-corrected chi connectivity index (χ4v) is 3.86. The molecule has 0 radical (unpaired) electrons. The summed E-state index contributed by atoms with van der Waals surface area (Å²) in [5, 5.41) is 7.73. The van der Waals surface area contributed by atoms with E-state index in [1.165, 1.54) is 4.90 Å². The number of nitrogens with one attached hydrogen (secondary N) is 1. The van der Waals surface area contributed by atoms with Crippen molar-refractivity contribution in [1.29, 1.82) is 0 Å². The SMILES string of the molecule is COCCN(CC(=O)Nc1cc(C(C)(C)C)nn1-c1ccc(OC)cc1)C(=O)c1ccc(C(C)(C)C)cc1. The van der Waals surface area contributed by atoms with Crippen molar-refractivity contribution in [2.75, 3.05) is 39.2 Å². The highest BCUT2D eigenvalue weighted by Gasteiger charge is 2.24. The molecule has 2 amide bonds. The number of carbonyl (C=O) groups is 2. The first-order valence-electron chi connectivity index (χ1n) is 12.8. The largest absolute Gasteiger partial charge is 0.497 e. The number of hydrogen-bond acceptors (Lipinski definition) is 5. The lowest BCUT2D eigenvalue weighted by atomic mass is 9.86. The Bertz CT molecular complexity index is 1230. The standard InChI is InChI=1S/C30H40N4O4/c1-29(2,3)22-11-9-21(10-12-22)28(36)33(17-18-37-7)20-27(35)31-26-19-25(30(4,5)6)32-34(26)23-13-15-24(38-8)16-14-23/h9-16,19H,17-18,20H2,1-8H3,(H,31,35). The Balaban J connectivity index is 1.84. The summed E-state index contributed by atoms with van der Waals surface area (Å²) in [7, 11) is 3.18. The van der Waals surface area contributed by atoms with Crippen molar-refractivity contribution >= 4 is 17.6 Å². The third kappa shape index (κ3) is 7.22. The number of carbonyl (C=O) groups excluding carboxylic acids is 2. The van der Waals surface area contributed by atoms with Gasteiger partial charge in [0.2, 0.25) is 5.91 Å². The Hall–Kier alpha value is -3.65. The summed E-state index contributed by atoms with van der Waals surface area (Å²) < 4.78 is 12.2. The Labute approximate surface area is 225 Å². The first-order chi connectivity index (χ1) is 17.8. The van der Waals surface area contributed by atoms with Crippen LogP contribution < -0.4 is 10.1 Å². The van der Waals surface area contributed by atoms with Gasteiger partial charge in [-0.25, -0.2) is 4.68 Å². The van der Waals surface area contributed by atoms with Gasteiger partial charge in [0.05, 0.1) is 25.1 Å². The minimum atomic E-state index is -0.323. The zero-order valence-corrected chi connectivity index (χ0v) is 23.8. The van der Waals surface area contributed by atoms with Crippen LogP contribution in [0.3, 0.4) is 0 Å². The van der Waals surface area contributed by atoms with E-state index in [0.717, 1.165) is 22.7 Å². The lowest BCUT2D eigenvalue weighted by molar-refractivity contribution is -0.117. The molecule has 0 atom stereocenters. The van der Waals surface area contributed by atoms with Crippen LogP contribution in [0.15, 0.2) is 54.6 Å². The van der Waals surface area contributed by atoms with Crippen molar-refractivity contribution in [3.8, 4) is 11.4 Å². The van der Waals surface area contributed by atoms with E-state index in [1.54, 1.807) is 18.9 Å². The van der Waals surface area contributed by atoms with Crippen molar-refractivity contribution in [2.24, 2.45) is 0 Å². The zero-order valence-electron chi connectivity index (χ0n) is 23.8. The number of amides is 2. The lowest BCUT2D eigenvalue weighted by Gasteiger charge is -2.23. The van der Waals surface area contributed by atoms with Gasteiger partial charge in [0.1, 0.15) is 18.1 Å². The van der Waals surface area contributed by atoms with Crippen LogP contribution in [0.1, 0.15) is 63.2 Å². The normalized spacial score (nSPS) is 11.8. The smallest absolute Gasteiger partial charge is 0.254 e. The second-order valence-corrected chi connectivity index (χ2v) is 11.4. The van der Waals surface area contributed by atoms with Crippen LogP contribution >= 0.6 is 0 Å². The van der Waals surface area contributed by atoms with Crippen molar-refractivity contribution in [3.63, 3.8) is 0 Å². The molecule has 2 aromatic carbocycles. The molecule has 8 nitrogen and oxygen atoms in total. The molecule has 0 aliphatic carbocycles. The molecule has 0 aliphatic rings. The highest BCUT2D eigenvalue weighted by molar-refractivity contribution is 5.99. The van der Waals surface area contributed by atoms with Crippen molar-refractivity contribution < 1.29 is 19.1 Å². The second-order valence-electron chi connectivity index (χ2n) is 11.4. The summed E-state index contributed by atoms with van der Waals surface area (Å²) in [5.41, 5.74) is 3.03. The molecule has 3 rings (SSSR count). The molecule has 0 saturated heterocycles. The van der Waals surface area contributed by atoms with Crippen LogP contribution in [-0.2, 0) is 20.4 Å². The van der Waals surface area contributed by atoms with Crippen molar-refractivity contribution in [3.05, 3.63) is 71.4 Å². The molecule has 1 aromatic heterocycles. The maximum atomic E-state index is 13.3. The highest BCUT2D eigenvalue weighted by Crippen LogP contribution is 2.27. The predicted molar refractivity (Wildman–Crippen MR) is 150 cm³/mol.